The lowest BCUT2D eigenvalue weighted by molar-refractivity contribution is 0.310. The quantitative estimate of drug-likeness (QED) is 0.250. The maximum absolute atomic E-state index is 14.5. The van der Waals surface area contributed by atoms with Crippen LogP contribution in [0.15, 0.2) is 78.9 Å². The van der Waals surface area contributed by atoms with Gasteiger partial charge in [-0.2, -0.15) is 0 Å². The van der Waals surface area contributed by atoms with Crippen LogP contribution in [0.5, 0.6) is 0 Å². The van der Waals surface area contributed by atoms with Gasteiger partial charge in [-0.15, -0.1) is 0 Å². The maximum atomic E-state index is 14.5. The normalized spacial score (nSPS) is 19.0. The number of hydrogen-bond acceptors (Lipinski definition) is 0. The Bertz CT molecular complexity index is 1080. The molecule has 1 fully saturated rings. The molecule has 0 amide bonds. The summed E-state index contributed by atoms with van der Waals surface area (Å²) in [5, 5.41) is 0. The highest BCUT2D eigenvalue weighted by Gasteiger charge is 2.22. The van der Waals surface area contributed by atoms with Gasteiger partial charge < -0.3 is 0 Å². The van der Waals surface area contributed by atoms with Gasteiger partial charge >= 0.3 is 0 Å². The van der Waals surface area contributed by atoms with E-state index in [2.05, 4.69) is 61.5 Å². The van der Waals surface area contributed by atoms with E-state index in [-0.39, 0.29) is 17.2 Å². The Kier molecular flexibility index (Phi) is 9.50. The first-order valence-electron chi connectivity index (χ1n) is 13.7. The van der Waals surface area contributed by atoms with Gasteiger partial charge in [0.05, 0.1) is 0 Å². The van der Waals surface area contributed by atoms with Crippen LogP contribution in [0.1, 0.15) is 92.0 Å². The summed E-state index contributed by atoms with van der Waals surface area (Å²) in [5.74, 6) is 1.02. The third-order valence-electron chi connectivity index (χ3n) is 8.05. The molecule has 1 aliphatic carbocycles. The number of aryl methyl sites for hydroxylation is 1. The van der Waals surface area contributed by atoms with Crippen molar-refractivity contribution in [1.29, 1.82) is 0 Å². The summed E-state index contributed by atoms with van der Waals surface area (Å²) < 4.78 is 28.9. The number of halogens is 2. The van der Waals surface area contributed by atoms with E-state index in [4.69, 9.17) is 0 Å². The summed E-state index contributed by atoms with van der Waals surface area (Å²) in [4.78, 5) is 0. The van der Waals surface area contributed by atoms with Gasteiger partial charge in [0.1, 0.15) is 11.6 Å². The van der Waals surface area contributed by atoms with Crippen LogP contribution in [0, 0.1) is 17.6 Å². The van der Waals surface area contributed by atoms with Crippen molar-refractivity contribution in [1.82, 2.24) is 0 Å². The topological polar surface area (TPSA) is 0 Å². The van der Waals surface area contributed by atoms with Crippen LogP contribution < -0.4 is 0 Å². The Balaban J connectivity index is 1.24. The third kappa shape index (κ3) is 7.15. The molecule has 0 N–H and O–H groups in total. The largest absolute Gasteiger partial charge is 0.207 e. The van der Waals surface area contributed by atoms with Crippen LogP contribution >= 0.6 is 0 Å². The summed E-state index contributed by atoms with van der Waals surface area (Å²) in [6, 6.07) is 23.1. The molecule has 1 saturated carbocycles. The average molecular weight is 487 g/mol. The minimum Gasteiger partial charge on any atom is -0.207 e. The molecule has 0 radical (unpaired) electrons. The van der Waals surface area contributed by atoms with Crippen LogP contribution in [-0.4, -0.2) is 0 Å². The predicted molar refractivity (Wildman–Crippen MR) is 148 cm³/mol. The Morgan fingerprint density at radius 2 is 1.50 bits per heavy atom. The van der Waals surface area contributed by atoms with Crippen LogP contribution in [0.2, 0.25) is 0 Å². The Morgan fingerprint density at radius 1 is 0.833 bits per heavy atom. The molecule has 0 unspecified atom stereocenters. The molecule has 0 aliphatic heterocycles. The van der Waals surface area contributed by atoms with Crippen LogP contribution in [0.3, 0.4) is 0 Å². The number of hydrogen-bond donors (Lipinski definition) is 0. The standard InChI is InChI=1S/C34H40F2/c1-3-4-6-11-32-33(35)23-28(24-34(32)36)13-12-26-14-18-30(19-15-26)31-20-16-27(17-21-31)22-25(2)29-9-7-5-8-10-29/h3-5,7-10,16-17,20-21,23-26,30H,6,11-15,18-19,22H2,1-2H3/t25-,26?,30?/m0/s1. The summed E-state index contributed by atoms with van der Waals surface area (Å²) in [6.07, 6.45) is 12.6. The summed E-state index contributed by atoms with van der Waals surface area (Å²) in [6.45, 7) is 4.22. The molecule has 0 nitrogen and oxygen atoms in total. The van der Waals surface area contributed by atoms with E-state index >= 15 is 0 Å². The highest BCUT2D eigenvalue weighted by molar-refractivity contribution is 5.29. The second-order valence-electron chi connectivity index (χ2n) is 10.7. The Morgan fingerprint density at radius 3 is 2.14 bits per heavy atom. The minimum absolute atomic E-state index is 0.220. The van der Waals surface area contributed by atoms with Gasteiger partial charge in [0, 0.05) is 5.56 Å². The van der Waals surface area contributed by atoms with Gasteiger partial charge in [-0.1, -0.05) is 73.7 Å². The third-order valence-corrected chi connectivity index (χ3v) is 8.05. The van der Waals surface area contributed by atoms with E-state index in [0.717, 1.165) is 24.8 Å². The summed E-state index contributed by atoms with van der Waals surface area (Å²) >= 11 is 0. The average Bonchev–Trinajstić information content (AvgIpc) is 2.90. The van der Waals surface area contributed by atoms with Crippen molar-refractivity contribution in [2.45, 2.75) is 83.5 Å². The van der Waals surface area contributed by atoms with Crippen LogP contribution in [-0.2, 0) is 19.3 Å². The van der Waals surface area contributed by atoms with Crippen molar-refractivity contribution in [3.8, 4) is 0 Å². The van der Waals surface area contributed by atoms with Crippen molar-refractivity contribution >= 4 is 0 Å². The summed E-state index contributed by atoms with van der Waals surface area (Å²) in [5.41, 5.74) is 5.27. The minimum atomic E-state index is -0.389. The van der Waals surface area contributed by atoms with E-state index in [1.165, 1.54) is 42.4 Å². The first-order valence-corrected chi connectivity index (χ1v) is 13.7. The van der Waals surface area contributed by atoms with Gasteiger partial charge in [0.2, 0.25) is 0 Å². The molecule has 0 bridgehead atoms. The molecule has 36 heavy (non-hydrogen) atoms. The zero-order chi connectivity index (χ0) is 25.3. The lowest BCUT2D eigenvalue weighted by atomic mass is 9.76. The zero-order valence-corrected chi connectivity index (χ0v) is 21.9. The lowest BCUT2D eigenvalue weighted by Gasteiger charge is -2.29. The van der Waals surface area contributed by atoms with Gasteiger partial charge in [0.25, 0.3) is 0 Å². The number of rotatable bonds is 10. The van der Waals surface area contributed by atoms with Crippen molar-refractivity contribution < 1.29 is 8.78 Å². The van der Waals surface area contributed by atoms with E-state index in [1.807, 2.05) is 19.1 Å². The molecule has 0 aromatic heterocycles. The van der Waals surface area contributed by atoms with Crippen molar-refractivity contribution in [3.05, 3.63) is 118 Å². The molecule has 3 aromatic carbocycles. The molecule has 190 valence electrons. The van der Waals surface area contributed by atoms with Gasteiger partial charge in [0.15, 0.2) is 0 Å². The molecule has 2 heteroatoms. The second-order valence-corrected chi connectivity index (χ2v) is 10.7. The molecule has 0 spiro atoms. The highest BCUT2D eigenvalue weighted by Crippen LogP contribution is 2.38. The summed E-state index contributed by atoms with van der Waals surface area (Å²) in [7, 11) is 0. The van der Waals surface area contributed by atoms with Crippen molar-refractivity contribution in [3.63, 3.8) is 0 Å². The van der Waals surface area contributed by atoms with E-state index < -0.39 is 0 Å². The fraction of sp³-hybridized carbons (Fsp3) is 0.412. The first-order chi connectivity index (χ1) is 17.5. The fourth-order valence-electron chi connectivity index (χ4n) is 5.77. The molecular weight excluding hydrogens is 446 g/mol. The monoisotopic (exact) mass is 486 g/mol. The molecular formula is C34H40F2. The number of benzene rings is 3. The zero-order valence-electron chi connectivity index (χ0n) is 21.9. The Labute approximate surface area is 216 Å². The maximum Gasteiger partial charge on any atom is 0.129 e. The van der Waals surface area contributed by atoms with E-state index in [9.17, 15) is 8.78 Å². The van der Waals surface area contributed by atoms with Gasteiger partial charge in [-0.25, -0.2) is 8.78 Å². The molecule has 1 atom stereocenters. The lowest BCUT2D eigenvalue weighted by Crippen LogP contribution is -2.14. The second kappa shape index (κ2) is 13.0. The van der Waals surface area contributed by atoms with Crippen molar-refractivity contribution in [2.24, 2.45) is 5.92 Å². The molecule has 0 saturated heterocycles. The predicted octanol–water partition coefficient (Wildman–Crippen LogP) is 9.73. The molecule has 4 rings (SSSR count). The van der Waals surface area contributed by atoms with E-state index in [1.54, 1.807) is 12.1 Å². The molecule has 3 aromatic rings. The highest BCUT2D eigenvalue weighted by atomic mass is 19.1. The Hall–Kier alpha value is -2.74. The van der Waals surface area contributed by atoms with Crippen molar-refractivity contribution in [2.75, 3.05) is 0 Å². The smallest absolute Gasteiger partial charge is 0.129 e. The number of allylic oxidation sites excluding steroid dienone is 2. The van der Waals surface area contributed by atoms with E-state index in [0.29, 0.717) is 30.6 Å². The van der Waals surface area contributed by atoms with Crippen LogP contribution in [0.4, 0.5) is 8.78 Å². The first kappa shape index (κ1) is 26.3. The van der Waals surface area contributed by atoms with Gasteiger partial charge in [-0.05, 0) is 117 Å². The van der Waals surface area contributed by atoms with Gasteiger partial charge in [-0.3, -0.25) is 0 Å². The fourth-order valence-corrected chi connectivity index (χ4v) is 5.77. The molecule has 1 aliphatic rings. The SMILES string of the molecule is CC=CCCc1c(F)cc(CCC2CCC(c3ccc(C[C@H](C)c4ccccc4)cc3)CC2)cc1F. The molecule has 0 heterocycles. The van der Waals surface area contributed by atoms with Crippen LogP contribution in [0.25, 0.3) is 0 Å².